The molecule has 1 atom stereocenters. The Balaban J connectivity index is 1.46. The normalized spacial score (nSPS) is 18.0. The summed E-state index contributed by atoms with van der Waals surface area (Å²) >= 11 is 0. The van der Waals surface area contributed by atoms with Crippen molar-refractivity contribution in [3.05, 3.63) is 48.3 Å². The number of likely N-dealkylation sites (tertiary alicyclic amines) is 1. The second-order valence-corrected chi connectivity index (χ2v) is 6.94. The fourth-order valence-electron chi connectivity index (χ4n) is 3.62. The number of benzene rings is 1. The number of hydrogen-bond acceptors (Lipinski definition) is 3. The van der Waals surface area contributed by atoms with Crippen LogP contribution in [0.25, 0.3) is 0 Å². The van der Waals surface area contributed by atoms with E-state index in [4.69, 9.17) is 0 Å². The molecule has 1 aliphatic rings. The third kappa shape index (κ3) is 4.91. The second kappa shape index (κ2) is 8.94. The Kier molecular flexibility index (Phi) is 6.39. The van der Waals surface area contributed by atoms with Crippen LogP contribution < -0.4 is 5.32 Å². The molecule has 0 spiro atoms. The number of anilines is 1. The average molecular weight is 358 g/mol. The molecular weight excluding hydrogens is 331 g/mol. The van der Waals surface area contributed by atoms with E-state index >= 15 is 0 Å². The van der Waals surface area contributed by atoms with E-state index in [-0.39, 0.29) is 11.6 Å². The monoisotopic (exact) mass is 358 g/mol. The minimum atomic E-state index is -0.392. The smallest absolute Gasteiger partial charge is 0.224 e. The van der Waals surface area contributed by atoms with Crippen LogP contribution in [0.5, 0.6) is 0 Å². The summed E-state index contributed by atoms with van der Waals surface area (Å²) in [6, 6.07) is 6.28. The number of hydrogen-bond donors (Lipinski definition) is 1. The molecule has 1 aromatic carbocycles. The molecule has 3 rings (SSSR count). The standard InChI is InChI=1S/C20H27FN4O/c1-2-25-13-11-22-19(25)15-24-12-5-6-16(14-24)9-10-20(26)23-18-8-4-3-7-17(18)21/h3-4,7-8,11,13,16H,2,5-6,9-10,12,14-15H2,1H3,(H,23,26)/t16-/m0/s1. The maximum Gasteiger partial charge on any atom is 0.224 e. The van der Waals surface area contributed by atoms with E-state index in [1.54, 1.807) is 18.2 Å². The molecule has 2 aromatic rings. The molecular formula is C20H27FN4O. The van der Waals surface area contributed by atoms with E-state index in [1.165, 1.54) is 6.07 Å². The molecule has 0 aliphatic carbocycles. The fourth-order valence-corrected chi connectivity index (χ4v) is 3.62. The molecule has 0 saturated carbocycles. The maximum atomic E-state index is 13.6. The highest BCUT2D eigenvalue weighted by molar-refractivity contribution is 5.90. The van der Waals surface area contributed by atoms with Crippen LogP contribution in [0, 0.1) is 11.7 Å². The van der Waals surface area contributed by atoms with Gasteiger partial charge in [-0.2, -0.15) is 0 Å². The summed E-state index contributed by atoms with van der Waals surface area (Å²) in [7, 11) is 0. The number of carbonyl (C=O) groups excluding carboxylic acids is 1. The van der Waals surface area contributed by atoms with Crippen molar-refractivity contribution in [1.29, 1.82) is 0 Å². The number of rotatable bonds is 7. The SMILES string of the molecule is CCn1ccnc1CN1CCC[C@@H](CCC(=O)Nc2ccccc2F)C1. The molecule has 140 valence electrons. The van der Waals surface area contributed by atoms with Gasteiger partial charge in [-0.25, -0.2) is 9.37 Å². The van der Waals surface area contributed by atoms with Gasteiger partial charge in [-0.3, -0.25) is 9.69 Å². The Morgan fingerprint density at radius 3 is 3.04 bits per heavy atom. The van der Waals surface area contributed by atoms with Gasteiger partial charge in [-0.05, 0) is 50.8 Å². The van der Waals surface area contributed by atoms with Crippen LogP contribution in [-0.4, -0.2) is 33.4 Å². The summed E-state index contributed by atoms with van der Waals surface area (Å²) in [4.78, 5) is 19.0. The topological polar surface area (TPSA) is 50.2 Å². The molecule has 1 fully saturated rings. The number of para-hydroxylation sites is 1. The number of amides is 1. The number of nitrogens with zero attached hydrogens (tertiary/aromatic N) is 3. The third-order valence-corrected chi connectivity index (χ3v) is 5.04. The summed E-state index contributed by atoms with van der Waals surface area (Å²) in [5.74, 6) is 1.09. The number of piperidine rings is 1. The van der Waals surface area contributed by atoms with Gasteiger partial charge in [-0.15, -0.1) is 0 Å². The summed E-state index contributed by atoms with van der Waals surface area (Å²) in [5.41, 5.74) is 0.258. The minimum absolute atomic E-state index is 0.117. The van der Waals surface area contributed by atoms with Crippen molar-refractivity contribution < 1.29 is 9.18 Å². The Labute approximate surface area is 154 Å². The van der Waals surface area contributed by atoms with Crippen LogP contribution in [0.4, 0.5) is 10.1 Å². The molecule has 26 heavy (non-hydrogen) atoms. The Morgan fingerprint density at radius 2 is 2.23 bits per heavy atom. The van der Waals surface area contributed by atoms with E-state index in [0.29, 0.717) is 12.3 Å². The van der Waals surface area contributed by atoms with Crippen molar-refractivity contribution >= 4 is 11.6 Å². The predicted octanol–water partition coefficient (Wildman–Crippen LogP) is 3.67. The van der Waals surface area contributed by atoms with Gasteiger partial charge in [0.1, 0.15) is 11.6 Å². The number of carbonyl (C=O) groups is 1. The van der Waals surface area contributed by atoms with Gasteiger partial charge >= 0.3 is 0 Å². The molecule has 1 aliphatic heterocycles. The number of imidazole rings is 1. The van der Waals surface area contributed by atoms with Crippen molar-refractivity contribution in [2.24, 2.45) is 5.92 Å². The lowest BCUT2D eigenvalue weighted by Crippen LogP contribution is -2.36. The number of nitrogens with one attached hydrogen (secondary N) is 1. The van der Waals surface area contributed by atoms with E-state index < -0.39 is 5.82 Å². The van der Waals surface area contributed by atoms with E-state index in [2.05, 4.69) is 26.7 Å². The van der Waals surface area contributed by atoms with Crippen LogP contribution >= 0.6 is 0 Å². The molecule has 0 bridgehead atoms. The number of aryl methyl sites for hydroxylation is 1. The molecule has 1 aromatic heterocycles. The van der Waals surface area contributed by atoms with Crippen LogP contribution in [0.3, 0.4) is 0 Å². The fraction of sp³-hybridized carbons (Fsp3) is 0.500. The van der Waals surface area contributed by atoms with Gasteiger partial charge in [0.15, 0.2) is 0 Å². The zero-order valence-corrected chi connectivity index (χ0v) is 15.3. The minimum Gasteiger partial charge on any atom is -0.334 e. The summed E-state index contributed by atoms with van der Waals surface area (Å²) in [6.45, 7) is 5.98. The Hall–Kier alpha value is -2.21. The van der Waals surface area contributed by atoms with E-state index in [9.17, 15) is 9.18 Å². The quantitative estimate of drug-likeness (QED) is 0.821. The van der Waals surface area contributed by atoms with Crippen LogP contribution in [0.1, 0.15) is 38.4 Å². The Bertz CT molecular complexity index is 730. The van der Waals surface area contributed by atoms with Gasteiger partial charge in [0.05, 0.1) is 12.2 Å². The summed E-state index contributed by atoms with van der Waals surface area (Å²) in [6.07, 6.45) is 7.42. The first-order valence-corrected chi connectivity index (χ1v) is 9.42. The lowest BCUT2D eigenvalue weighted by molar-refractivity contribution is -0.116. The number of halogens is 1. The summed E-state index contributed by atoms with van der Waals surface area (Å²) in [5, 5.41) is 2.67. The molecule has 1 N–H and O–H groups in total. The van der Waals surface area contributed by atoms with Crippen molar-refractivity contribution in [3.63, 3.8) is 0 Å². The van der Waals surface area contributed by atoms with Gasteiger partial charge in [-0.1, -0.05) is 12.1 Å². The third-order valence-electron chi connectivity index (χ3n) is 5.04. The molecule has 5 nitrogen and oxygen atoms in total. The molecule has 0 unspecified atom stereocenters. The first-order valence-electron chi connectivity index (χ1n) is 9.42. The summed E-state index contributed by atoms with van der Waals surface area (Å²) < 4.78 is 15.8. The lowest BCUT2D eigenvalue weighted by Gasteiger charge is -2.32. The highest BCUT2D eigenvalue weighted by Crippen LogP contribution is 2.23. The average Bonchev–Trinajstić information content (AvgIpc) is 3.09. The van der Waals surface area contributed by atoms with Crippen LogP contribution in [0.15, 0.2) is 36.7 Å². The molecule has 0 radical (unpaired) electrons. The van der Waals surface area contributed by atoms with Crippen molar-refractivity contribution in [2.45, 2.75) is 45.7 Å². The van der Waals surface area contributed by atoms with Crippen molar-refractivity contribution in [3.8, 4) is 0 Å². The largest absolute Gasteiger partial charge is 0.334 e. The van der Waals surface area contributed by atoms with E-state index in [0.717, 1.165) is 51.3 Å². The van der Waals surface area contributed by atoms with Gasteiger partial charge in [0.2, 0.25) is 5.91 Å². The van der Waals surface area contributed by atoms with Gasteiger partial charge in [0.25, 0.3) is 0 Å². The highest BCUT2D eigenvalue weighted by atomic mass is 19.1. The Morgan fingerprint density at radius 1 is 1.38 bits per heavy atom. The lowest BCUT2D eigenvalue weighted by atomic mass is 9.93. The molecule has 2 heterocycles. The maximum absolute atomic E-state index is 13.6. The molecule has 6 heteroatoms. The van der Waals surface area contributed by atoms with Crippen LogP contribution in [0.2, 0.25) is 0 Å². The van der Waals surface area contributed by atoms with E-state index in [1.807, 2.05) is 12.4 Å². The first-order chi connectivity index (χ1) is 12.7. The van der Waals surface area contributed by atoms with Gasteiger partial charge < -0.3 is 9.88 Å². The molecule has 1 saturated heterocycles. The second-order valence-electron chi connectivity index (χ2n) is 6.94. The first kappa shape index (κ1) is 18.6. The predicted molar refractivity (Wildman–Crippen MR) is 100 cm³/mol. The van der Waals surface area contributed by atoms with Crippen molar-refractivity contribution in [2.75, 3.05) is 18.4 Å². The van der Waals surface area contributed by atoms with Gasteiger partial charge in [0, 0.05) is 31.9 Å². The zero-order valence-electron chi connectivity index (χ0n) is 15.3. The highest BCUT2D eigenvalue weighted by Gasteiger charge is 2.22. The van der Waals surface area contributed by atoms with Crippen molar-refractivity contribution in [1.82, 2.24) is 14.5 Å². The number of aromatic nitrogens is 2. The van der Waals surface area contributed by atoms with Crippen LogP contribution in [-0.2, 0) is 17.9 Å². The molecule has 1 amide bonds. The zero-order chi connectivity index (χ0) is 18.4.